The molecular formula is C10H23N. The van der Waals surface area contributed by atoms with Gasteiger partial charge in [-0.2, -0.15) is 0 Å². The molecule has 0 spiro atoms. The van der Waals surface area contributed by atoms with E-state index in [-0.39, 0.29) is 0 Å². The summed E-state index contributed by atoms with van der Waals surface area (Å²) in [5.41, 5.74) is 0. The number of hydrogen-bond donors (Lipinski definition) is 0. The second-order valence-electron chi connectivity index (χ2n) is 2.96. The van der Waals surface area contributed by atoms with Crippen LogP contribution in [0.15, 0.2) is 0 Å². The minimum atomic E-state index is 1.00. The second kappa shape index (κ2) is 6.66. The summed E-state index contributed by atoms with van der Waals surface area (Å²) in [6, 6.07) is 0. The number of likely N-dealkylation sites (tertiary alicyclic amines) is 1. The van der Waals surface area contributed by atoms with E-state index in [4.69, 9.17) is 0 Å². The van der Waals surface area contributed by atoms with E-state index in [1.54, 1.807) is 0 Å². The summed E-state index contributed by atoms with van der Waals surface area (Å²) in [6.07, 6.45) is 2.81. The zero-order valence-electron chi connectivity index (χ0n) is 8.56. The molecule has 0 amide bonds. The second-order valence-corrected chi connectivity index (χ2v) is 2.96. The van der Waals surface area contributed by atoms with Crippen LogP contribution in [0.25, 0.3) is 0 Å². The van der Waals surface area contributed by atoms with Crippen LogP contribution in [0.3, 0.4) is 0 Å². The van der Waals surface area contributed by atoms with Crippen molar-refractivity contribution in [3.63, 3.8) is 0 Å². The van der Waals surface area contributed by atoms with Gasteiger partial charge in [0.25, 0.3) is 0 Å². The van der Waals surface area contributed by atoms with Gasteiger partial charge in [0, 0.05) is 6.54 Å². The van der Waals surface area contributed by atoms with Crippen LogP contribution in [-0.2, 0) is 0 Å². The molecule has 0 saturated carbocycles. The highest BCUT2D eigenvalue weighted by Gasteiger charge is 2.18. The average Bonchev–Trinajstić information content (AvgIpc) is 2.55. The molecule has 1 saturated heterocycles. The third-order valence-electron chi connectivity index (χ3n) is 2.39. The summed E-state index contributed by atoms with van der Waals surface area (Å²) in [5.74, 6) is 1.00. The molecule has 1 atom stereocenters. The maximum Gasteiger partial charge on any atom is 0.000992 e. The third kappa shape index (κ3) is 3.76. The molecule has 0 aromatic carbocycles. The van der Waals surface area contributed by atoms with Crippen molar-refractivity contribution >= 4 is 0 Å². The van der Waals surface area contributed by atoms with Crippen LogP contribution in [0.5, 0.6) is 0 Å². The van der Waals surface area contributed by atoms with Crippen LogP contribution in [0.1, 0.15) is 40.5 Å². The fourth-order valence-corrected chi connectivity index (χ4v) is 1.53. The fourth-order valence-electron chi connectivity index (χ4n) is 1.53. The maximum absolute atomic E-state index is 2.54. The summed E-state index contributed by atoms with van der Waals surface area (Å²) in [6.45, 7) is 12.5. The summed E-state index contributed by atoms with van der Waals surface area (Å²) in [7, 11) is 0. The van der Waals surface area contributed by atoms with E-state index in [9.17, 15) is 0 Å². The van der Waals surface area contributed by atoms with E-state index < -0.39 is 0 Å². The molecule has 11 heavy (non-hydrogen) atoms. The summed E-state index contributed by atoms with van der Waals surface area (Å²) in [4.78, 5) is 2.54. The van der Waals surface area contributed by atoms with Crippen LogP contribution in [0.2, 0.25) is 0 Å². The number of rotatable bonds is 2. The van der Waals surface area contributed by atoms with Crippen LogP contribution in [0.4, 0.5) is 0 Å². The molecular weight excluding hydrogens is 134 g/mol. The average molecular weight is 157 g/mol. The zero-order valence-corrected chi connectivity index (χ0v) is 8.56. The van der Waals surface area contributed by atoms with Crippen LogP contribution < -0.4 is 0 Å². The largest absolute Gasteiger partial charge is 0.303 e. The molecule has 0 radical (unpaired) electrons. The molecule has 0 aromatic rings. The van der Waals surface area contributed by atoms with Crippen molar-refractivity contribution in [2.45, 2.75) is 40.5 Å². The van der Waals surface area contributed by atoms with Gasteiger partial charge in [-0.25, -0.2) is 0 Å². The van der Waals surface area contributed by atoms with E-state index in [2.05, 4.69) is 18.7 Å². The molecule has 0 aliphatic carbocycles. The topological polar surface area (TPSA) is 3.24 Å². The van der Waals surface area contributed by atoms with Gasteiger partial charge in [-0.05, 0) is 25.4 Å². The van der Waals surface area contributed by atoms with Gasteiger partial charge in [0.1, 0.15) is 0 Å². The third-order valence-corrected chi connectivity index (χ3v) is 2.39. The van der Waals surface area contributed by atoms with Crippen molar-refractivity contribution in [2.75, 3.05) is 19.6 Å². The fraction of sp³-hybridized carbons (Fsp3) is 1.00. The molecule has 1 aliphatic heterocycles. The molecule has 1 fully saturated rings. The number of nitrogens with zero attached hydrogens (tertiary/aromatic N) is 1. The lowest BCUT2D eigenvalue weighted by Gasteiger charge is -2.11. The van der Waals surface area contributed by atoms with Crippen LogP contribution in [0, 0.1) is 5.92 Å². The lowest BCUT2D eigenvalue weighted by molar-refractivity contribution is 0.340. The minimum absolute atomic E-state index is 1.00. The van der Waals surface area contributed by atoms with Gasteiger partial charge in [-0.3, -0.25) is 0 Å². The predicted octanol–water partition coefficient (Wildman–Crippen LogP) is 2.76. The van der Waals surface area contributed by atoms with E-state index in [0.29, 0.717) is 0 Å². The molecule has 0 N–H and O–H groups in total. The van der Waals surface area contributed by atoms with Gasteiger partial charge in [0.15, 0.2) is 0 Å². The Bertz CT molecular complexity index is 70.9. The molecule has 0 unspecified atom stereocenters. The van der Waals surface area contributed by atoms with E-state index in [1.165, 1.54) is 32.5 Å². The standard InChI is InChI=1S/C8H17N.C2H6/c1-3-8-5-6-9(4-2)7-8;1-2/h8H,3-7H2,1-2H3;1-2H3/t8-;/m0./s1. The Morgan fingerprint density at radius 2 is 1.91 bits per heavy atom. The van der Waals surface area contributed by atoms with Crippen molar-refractivity contribution in [3.05, 3.63) is 0 Å². The zero-order chi connectivity index (χ0) is 8.69. The lowest BCUT2D eigenvalue weighted by atomic mass is 10.1. The Morgan fingerprint density at radius 1 is 1.27 bits per heavy atom. The molecule has 1 nitrogen and oxygen atoms in total. The van der Waals surface area contributed by atoms with Crippen LogP contribution >= 0.6 is 0 Å². The quantitative estimate of drug-likeness (QED) is 0.596. The summed E-state index contributed by atoms with van der Waals surface area (Å²) in [5, 5.41) is 0. The van der Waals surface area contributed by atoms with Crippen molar-refractivity contribution in [1.29, 1.82) is 0 Å². The van der Waals surface area contributed by atoms with Gasteiger partial charge in [-0.15, -0.1) is 0 Å². The van der Waals surface area contributed by atoms with Gasteiger partial charge < -0.3 is 4.90 Å². The highest BCUT2D eigenvalue weighted by Crippen LogP contribution is 2.17. The van der Waals surface area contributed by atoms with E-state index >= 15 is 0 Å². The first-order valence-corrected chi connectivity index (χ1v) is 5.09. The molecule has 0 bridgehead atoms. The summed E-state index contributed by atoms with van der Waals surface area (Å²) < 4.78 is 0. The SMILES string of the molecule is CC.CC[C@H]1CCN(CC)C1. The minimum Gasteiger partial charge on any atom is -0.303 e. The van der Waals surface area contributed by atoms with Crippen LogP contribution in [-0.4, -0.2) is 24.5 Å². The molecule has 1 heteroatoms. The first-order valence-electron chi connectivity index (χ1n) is 5.09. The van der Waals surface area contributed by atoms with E-state index in [1.807, 2.05) is 13.8 Å². The Balaban J connectivity index is 0.000000461. The first-order chi connectivity index (χ1) is 5.36. The Hall–Kier alpha value is -0.0400. The van der Waals surface area contributed by atoms with Gasteiger partial charge in [0.05, 0.1) is 0 Å². The van der Waals surface area contributed by atoms with Crippen molar-refractivity contribution < 1.29 is 0 Å². The van der Waals surface area contributed by atoms with Crippen molar-refractivity contribution in [3.8, 4) is 0 Å². The molecule has 0 aromatic heterocycles. The molecule has 68 valence electrons. The number of hydrogen-bond acceptors (Lipinski definition) is 1. The van der Waals surface area contributed by atoms with E-state index in [0.717, 1.165) is 5.92 Å². The van der Waals surface area contributed by atoms with Gasteiger partial charge in [-0.1, -0.05) is 34.1 Å². The van der Waals surface area contributed by atoms with Gasteiger partial charge in [0.2, 0.25) is 0 Å². The van der Waals surface area contributed by atoms with Crippen molar-refractivity contribution in [2.24, 2.45) is 5.92 Å². The van der Waals surface area contributed by atoms with Gasteiger partial charge >= 0.3 is 0 Å². The highest BCUT2D eigenvalue weighted by atomic mass is 15.1. The smallest absolute Gasteiger partial charge is 0.000992 e. The monoisotopic (exact) mass is 157 g/mol. The molecule has 1 rings (SSSR count). The first kappa shape index (κ1) is 11.0. The lowest BCUT2D eigenvalue weighted by Crippen LogP contribution is -2.19. The predicted molar refractivity (Wildman–Crippen MR) is 51.9 cm³/mol. The summed E-state index contributed by atoms with van der Waals surface area (Å²) >= 11 is 0. The maximum atomic E-state index is 2.54. The molecule has 1 heterocycles. The Morgan fingerprint density at radius 3 is 2.18 bits per heavy atom. The Kier molecular flexibility index (Phi) is 6.63. The Labute approximate surface area is 71.8 Å². The molecule has 1 aliphatic rings. The highest BCUT2D eigenvalue weighted by molar-refractivity contribution is 4.72. The normalized spacial score (nSPS) is 24.5. The van der Waals surface area contributed by atoms with Crippen molar-refractivity contribution in [1.82, 2.24) is 4.90 Å².